The molecule has 0 saturated carbocycles. The lowest BCUT2D eigenvalue weighted by Gasteiger charge is -2.24. The van der Waals surface area contributed by atoms with Gasteiger partial charge in [-0.3, -0.25) is 0 Å². The van der Waals surface area contributed by atoms with E-state index in [0.29, 0.717) is 6.42 Å². The van der Waals surface area contributed by atoms with Gasteiger partial charge in [-0.15, -0.1) is 0 Å². The predicted molar refractivity (Wildman–Crippen MR) is 91.4 cm³/mol. The van der Waals surface area contributed by atoms with E-state index in [1.54, 1.807) is 0 Å². The van der Waals surface area contributed by atoms with Crippen molar-refractivity contribution in [3.63, 3.8) is 0 Å². The van der Waals surface area contributed by atoms with Crippen molar-refractivity contribution in [2.24, 2.45) is 0 Å². The van der Waals surface area contributed by atoms with Crippen LogP contribution in [0.2, 0.25) is 0 Å². The third-order valence-corrected chi connectivity index (χ3v) is 4.87. The maximum absolute atomic E-state index is 9.30. The number of aliphatic hydroxyl groups is 1. The SMILES string of the molecule is CN1CCc2c(n(CCCCCC(O)NO)c3ccccc23)C1. The third kappa shape index (κ3) is 3.58. The van der Waals surface area contributed by atoms with Gasteiger partial charge in [0.05, 0.1) is 0 Å². The molecule has 2 heterocycles. The van der Waals surface area contributed by atoms with E-state index in [4.69, 9.17) is 5.21 Å². The van der Waals surface area contributed by atoms with Crippen LogP contribution >= 0.6 is 0 Å². The van der Waals surface area contributed by atoms with E-state index in [0.717, 1.165) is 45.3 Å². The topological polar surface area (TPSA) is 60.7 Å². The van der Waals surface area contributed by atoms with Crippen molar-refractivity contribution in [2.45, 2.75) is 51.4 Å². The smallest absolute Gasteiger partial charge is 0.126 e. The molecule has 1 atom stereocenters. The van der Waals surface area contributed by atoms with E-state index in [2.05, 4.69) is 40.8 Å². The molecule has 0 spiro atoms. The summed E-state index contributed by atoms with van der Waals surface area (Å²) in [6.45, 7) is 3.18. The van der Waals surface area contributed by atoms with E-state index in [1.165, 1.54) is 22.2 Å². The van der Waals surface area contributed by atoms with Crippen LogP contribution < -0.4 is 5.48 Å². The molecular formula is C18H27N3O2. The lowest BCUT2D eigenvalue weighted by molar-refractivity contribution is -0.00395. The molecule has 5 heteroatoms. The van der Waals surface area contributed by atoms with Gasteiger partial charge >= 0.3 is 0 Å². The zero-order chi connectivity index (χ0) is 16.2. The third-order valence-electron chi connectivity index (χ3n) is 4.87. The van der Waals surface area contributed by atoms with Crippen LogP contribution in [0.5, 0.6) is 0 Å². The average Bonchev–Trinajstić information content (AvgIpc) is 2.87. The molecule has 0 saturated heterocycles. The van der Waals surface area contributed by atoms with Gasteiger partial charge in [-0.05, 0) is 44.4 Å². The summed E-state index contributed by atoms with van der Waals surface area (Å²) in [5.74, 6) is 0. The van der Waals surface area contributed by atoms with Gasteiger partial charge in [0.15, 0.2) is 0 Å². The number of likely N-dealkylation sites (N-methyl/N-ethyl adjacent to an activating group) is 1. The highest BCUT2D eigenvalue weighted by atomic mass is 16.5. The molecule has 0 radical (unpaired) electrons. The molecule has 23 heavy (non-hydrogen) atoms. The maximum Gasteiger partial charge on any atom is 0.126 e. The van der Waals surface area contributed by atoms with Crippen molar-refractivity contribution in [1.29, 1.82) is 0 Å². The van der Waals surface area contributed by atoms with Gasteiger partial charge in [-0.1, -0.05) is 24.6 Å². The molecule has 1 unspecified atom stereocenters. The summed E-state index contributed by atoms with van der Waals surface area (Å²) in [5, 5.41) is 19.3. The van der Waals surface area contributed by atoms with Crippen LogP contribution in [0.4, 0.5) is 0 Å². The van der Waals surface area contributed by atoms with Crippen molar-refractivity contribution < 1.29 is 10.3 Å². The van der Waals surface area contributed by atoms with Crippen LogP contribution in [0.3, 0.4) is 0 Å². The van der Waals surface area contributed by atoms with E-state index < -0.39 is 6.23 Å². The first-order chi connectivity index (χ1) is 11.2. The van der Waals surface area contributed by atoms with Gasteiger partial charge in [0, 0.05) is 36.2 Å². The van der Waals surface area contributed by atoms with Gasteiger partial charge in [-0.25, -0.2) is 0 Å². The molecule has 0 aliphatic carbocycles. The minimum absolute atomic E-state index is 0.587. The summed E-state index contributed by atoms with van der Waals surface area (Å²) in [4.78, 5) is 2.39. The number of hydroxylamine groups is 1. The number of rotatable bonds is 7. The highest BCUT2D eigenvalue weighted by Crippen LogP contribution is 2.30. The number of fused-ring (bicyclic) bond motifs is 3. The molecule has 5 nitrogen and oxygen atoms in total. The Morgan fingerprint density at radius 2 is 2.04 bits per heavy atom. The molecule has 1 aromatic carbocycles. The molecule has 0 bridgehead atoms. The van der Waals surface area contributed by atoms with E-state index >= 15 is 0 Å². The monoisotopic (exact) mass is 317 g/mol. The van der Waals surface area contributed by atoms with Crippen LogP contribution in [0.25, 0.3) is 10.9 Å². The lowest BCUT2D eigenvalue weighted by atomic mass is 10.0. The average molecular weight is 317 g/mol. The molecule has 3 rings (SSSR count). The standard InChI is InChI=1S/C18H27N3O2/c1-20-12-10-15-14-7-4-5-8-16(14)21(17(15)13-20)11-6-2-3-9-18(22)19-23/h4-5,7-8,18-19,22-23H,2-3,6,9-13H2,1H3. The summed E-state index contributed by atoms with van der Waals surface area (Å²) < 4.78 is 2.49. The minimum Gasteiger partial charge on any atom is -0.377 e. The van der Waals surface area contributed by atoms with Crippen LogP contribution in [0, 0.1) is 0 Å². The van der Waals surface area contributed by atoms with Gasteiger partial charge in [0.25, 0.3) is 0 Å². The number of hydrogen-bond acceptors (Lipinski definition) is 4. The maximum atomic E-state index is 9.30. The van der Waals surface area contributed by atoms with Gasteiger partial charge in [-0.2, -0.15) is 5.48 Å². The second kappa shape index (κ2) is 7.45. The Labute approximate surface area is 137 Å². The van der Waals surface area contributed by atoms with Crippen molar-refractivity contribution >= 4 is 10.9 Å². The lowest BCUT2D eigenvalue weighted by Crippen LogP contribution is -2.27. The van der Waals surface area contributed by atoms with E-state index in [-0.39, 0.29) is 0 Å². The summed E-state index contributed by atoms with van der Waals surface area (Å²) in [6, 6.07) is 8.73. The molecule has 3 N–H and O–H groups in total. The van der Waals surface area contributed by atoms with Crippen molar-refractivity contribution in [1.82, 2.24) is 14.9 Å². The Hall–Kier alpha value is -1.40. The van der Waals surface area contributed by atoms with Gasteiger partial charge < -0.3 is 19.8 Å². The zero-order valence-electron chi connectivity index (χ0n) is 13.8. The number of aryl methyl sites for hydroxylation is 1. The van der Waals surface area contributed by atoms with Crippen molar-refractivity contribution in [2.75, 3.05) is 13.6 Å². The number of para-hydroxylation sites is 1. The van der Waals surface area contributed by atoms with Gasteiger partial charge in [0.2, 0.25) is 0 Å². The Morgan fingerprint density at radius 3 is 2.87 bits per heavy atom. The first-order valence-corrected chi connectivity index (χ1v) is 8.56. The molecule has 0 amide bonds. The molecule has 1 aliphatic rings. The van der Waals surface area contributed by atoms with Crippen LogP contribution in [-0.2, 0) is 19.5 Å². The fourth-order valence-electron chi connectivity index (χ4n) is 3.63. The minimum atomic E-state index is -0.802. The number of hydrogen-bond donors (Lipinski definition) is 3. The first kappa shape index (κ1) is 16.5. The highest BCUT2D eigenvalue weighted by Gasteiger charge is 2.21. The van der Waals surface area contributed by atoms with Crippen LogP contribution in [0.15, 0.2) is 24.3 Å². The van der Waals surface area contributed by atoms with Gasteiger partial charge in [0.1, 0.15) is 6.23 Å². The summed E-state index contributed by atoms with van der Waals surface area (Å²) in [5.41, 5.74) is 6.23. The van der Waals surface area contributed by atoms with E-state index in [9.17, 15) is 5.11 Å². The number of aliphatic hydroxyl groups excluding tert-OH is 1. The second-order valence-electron chi connectivity index (χ2n) is 6.58. The molecule has 126 valence electrons. The number of nitrogens with zero attached hydrogens (tertiary/aromatic N) is 2. The van der Waals surface area contributed by atoms with Crippen molar-refractivity contribution in [3.05, 3.63) is 35.5 Å². The Balaban J connectivity index is 1.71. The highest BCUT2D eigenvalue weighted by molar-refractivity contribution is 5.85. The molecular weight excluding hydrogens is 290 g/mol. The largest absolute Gasteiger partial charge is 0.377 e. The molecule has 0 fully saturated rings. The fraction of sp³-hybridized carbons (Fsp3) is 0.556. The molecule has 2 aromatic rings. The quantitative estimate of drug-likeness (QED) is 0.417. The predicted octanol–water partition coefficient (Wildman–Crippen LogP) is 2.49. The summed E-state index contributed by atoms with van der Waals surface area (Å²) >= 11 is 0. The fourth-order valence-corrected chi connectivity index (χ4v) is 3.63. The Bertz CT molecular complexity index is 653. The number of aromatic nitrogens is 1. The second-order valence-corrected chi connectivity index (χ2v) is 6.58. The number of nitrogens with one attached hydrogen (secondary N) is 1. The number of unbranched alkanes of at least 4 members (excludes halogenated alkanes) is 2. The first-order valence-electron chi connectivity index (χ1n) is 8.56. The zero-order valence-corrected chi connectivity index (χ0v) is 13.8. The van der Waals surface area contributed by atoms with Crippen molar-refractivity contribution in [3.8, 4) is 0 Å². The van der Waals surface area contributed by atoms with Crippen LogP contribution in [-0.4, -0.2) is 39.6 Å². The van der Waals surface area contributed by atoms with Crippen LogP contribution in [0.1, 0.15) is 36.9 Å². The summed E-state index contributed by atoms with van der Waals surface area (Å²) in [7, 11) is 2.19. The summed E-state index contributed by atoms with van der Waals surface area (Å²) in [6.07, 6.45) is 3.97. The Kier molecular flexibility index (Phi) is 5.33. The Morgan fingerprint density at radius 1 is 1.22 bits per heavy atom. The number of benzene rings is 1. The van der Waals surface area contributed by atoms with E-state index in [1.807, 2.05) is 5.48 Å². The molecule has 1 aliphatic heterocycles. The normalized spacial score (nSPS) is 16.7. The molecule has 1 aromatic heterocycles.